The van der Waals surface area contributed by atoms with Crippen molar-refractivity contribution in [1.82, 2.24) is 0 Å². The first kappa shape index (κ1) is 12.9. The summed E-state index contributed by atoms with van der Waals surface area (Å²) >= 11 is 0. The fourth-order valence-corrected chi connectivity index (χ4v) is 2.00. The van der Waals surface area contributed by atoms with Gasteiger partial charge in [0.2, 0.25) is 0 Å². The first-order valence-electron chi connectivity index (χ1n) is 5.90. The summed E-state index contributed by atoms with van der Waals surface area (Å²) < 4.78 is 37.5. The quantitative estimate of drug-likeness (QED) is 0.671. The van der Waals surface area contributed by atoms with Crippen molar-refractivity contribution < 1.29 is 13.2 Å². The maximum absolute atomic E-state index is 12.5. The van der Waals surface area contributed by atoms with Gasteiger partial charge in [-0.15, -0.1) is 0 Å². The Morgan fingerprint density at radius 2 is 1.83 bits per heavy atom. The smallest absolute Gasteiger partial charge is 0.170 e. The zero-order valence-corrected chi connectivity index (χ0v) is 10.4. The summed E-state index contributed by atoms with van der Waals surface area (Å²) in [5.74, 6) is -1.34. The van der Waals surface area contributed by atoms with Crippen molar-refractivity contribution in [2.24, 2.45) is 5.92 Å². The lowest BCUT2D eigenvalue weighted by molar-refractivity contribution is -0.160. The second-order valence-corrected chi connectivity index (χ2v) is 4.70. The van der Waals surface area contributed by atoms with Gasteiger partial charge >= 0.3 is 6.18 Å². The summed E-state index contributed by atoms with van der Waals surface area (Å²) in [4.78, 5) is 0. The highest BCUT2D eigenvalue weighted by molar-refractivity contribution is 5.75. The molecule has 1 unspecified atom stereocenters. The second-order valence-electron chi connectivity index (χ2n) is 4.70. The fraction of sp³-hybridized carbons (Fsp3) is 0.333. The van der Waals surface area contributed by atoms with E-state index in [1.54, 1.807) is 12.2 Å². The van der Waals surface area contributed by atoms with Crippen LogP contribution in [0.25, 0.3) is 5.57 Å². The van der Waals surface area contributed by atoms with E-state index in [1.807, 2.05) is 32.0 Å². The molecule has 1 aliphatic carbocycles. The van der Waals surface area contributed by atoms with Crippen molar-refractivity contribution in [3.05, 3.63) is 53.1 Å². The van der Waals surface area contributed by atoms with Gasteiger partial charge in [0.05, 0.1) is 5.92 Å². The topological polar surface area (TPSA) is 0 Å². The highest BCUT2D eigenvalue weighted by Gasteiger charge is 2.37. The number of allylic oxidation sites excluding steroid dienone is 4. The Balaban J connectivity index is 2.20. The SMILES string of the molecule is Cc1ccc(C2=CCC(C(F)(F)F)C=C2)cc1C. The van der Waals surface area contributed by atoms with Crippen LogP contribution in [0.3, 0.4) is 0 Å². The number of aryl methyl sites for hydroxylation is 2. The Labute approximate surface area is 105 Å². The minimum absolute atomic E-state index is 0.0300. The molecule has 0 heterocycles. The van der Waals surface area contributed by atoms with E-state index in [2.05, 4.69) is 0 Å². The van der Waals surface area contributed by atoms with Crippen LogP contribution in [0, 0.1) is 19.8 Å². The van der Waals surface area contributed by atoms with Crippen molar-refractivity contribution in [2.75, 3.05) is 0 Å². The third-order valence-electron chi connectivity index (χ3n) is 3.36. The molecule has 96 valence electrons. The summed E-state index contributed by atoms with van der Waals surface area (Å²) in [6.07, 6.45) is 0.391. The Kier molecular flexibility index (Phi) is 3.33. The van der Waals surface area contributed by atoms with Crippen LogP contribution in [-0.2, 0) is 0 Å². The molecule has 0 nitrogen and oxygen atoms in total. The van der Waals surface area contributed by atoms with Crippen LogP contribution in [0.15, 0.2) is 36.4 Å². The van der Waals surface area contributed by atoms with Gasteiger partial charge < -0.3 is 0 Å². The van der Waals surface area contributed by atoms with E-state index in [-0.39, 0.29) is 6.42 Å². The molecule has 2 rings (SSSR count). The Hall–Kier alpha value is -1.51. The molecule has 18 heavy (non-hydrogen) atoms. The number of benzene rings is 1. The molecule has 0 fully saturated rings. The number of hydrogen-bond acceptors (Lipinski definition) is 0. The normalized spacial score (nSPS) is 19.8. The van der Waals surface area contributed by atoms with E-state index in [1.165, 1.54) is 11.6 Å². The Morgan fingerprint density at radius 1 is 1.11 bits per heavy atom. The number of halogens is 3. The highest BCUT2D eigenvalue weighted by Crippen LogP contribution is 2.35. The molecule has 0 spiro atoms. The van der Waals surface area contributed by atoms with E-state index in [0.717, 1.165) is 16.7 Å². The largest absolute Gasteiger partial charge is 0.395 e. The molecule has 0 saturated heterocycles. The molecule has 0 saturated carbocycles. The predicted octanol–water partition coefficient (Wildman–Crippen LogP) is 4.83. The van der Waals surface area contributed by atoms with Crippen LogP contribution < -0.4 is 0 Å². The molecule has 0 aliphatic heterocycles. The molecule has 0 radical (unpaired) electrons. The Morgan fingerprint density at radius 3 is 2.33 bits per heavy atom. The zero-order chi connectivity index (χ0) is 13.3. The monoisotopic (exact) mass is 252 g/mol. The lowest BCUT2D eigenvalue weighted by Gasteiger charge is -2.19. The average Bonchev–Trinajstić information content (AvgIpc) is 2.32. The first-order valence-corrected chi connectivity index (χ1v) is 5.90. The van der Waals surface area contributed by atoms with Crippen molar-refractivity contribution in [2.45, 2.75) is 26.4 Å². The van der Waals surface area contributed by atoms with Crippen LogP contribution >= 0.6 is 0 Å². The third kappa shape index (κ3) is 2.66. The van der Waals surface area contributed by atoms with Crippen LogP contribution in [0.5, 0.6) is 0 Å². The van der Waals surface area contributed by atoms with Gasteiger partial charge in [0.1, 0.15) is 0 Å². The van der Waals surface area contributed by atoms with E-state index in [9.17, 15) is 13.2 Å². The maximum Gasteiger partial charge on any atom is 0.395 e. The van der Waals surface area contributed by atoms with Gasteiger partial charge in [-0.3, -0.25) is 0 Å². The van der Waals surface area contributed by atoms with Crippen molar-refractivity contribution >= 4 is 5.57 Å². The summed E-state index contributed by atoms with van der Waals surface area (Å²) in [7, 11) is 0. The molecule has 1 aromatic rings. The van der Waals surface area contributed by atoms with Gasteiger partial charge in [-0.05, 0) is 42.5 Å². The standard InChI is InChI=1S/C15H15F3/c1-10-3-4-13(9-11(10)2)12-5-7-14(8-6-12)15(16,17)18/h3-7,9,14H,8H2,1-2H3. The summed E-state index contributed by atoms with van der Waals surface area (Å²) in [5, 5.41) is 0. The third-order valence-corrected chi connectivity index (χ3v) is 3.36. The molecule has 0 aromatic heterocycles. The van der Waals surface area contributed by atoms with Crippen LogP contribution in [0.1, 0.15) is 23.1 Å². The number of hydrogen-bond donors (Lipinski definition) is 0. The van der Waals surface area contributed by atoms with Crippen molar-refractivity contribution in [3.63, 3.8) is 0 Å². The lowest BCUT2D eigenvalue weighted by Crippen LogP contribution is -2.21. The molecule has 0 N–H and O–H groups in total. The van der Waals surface area contributed by atoms with E-state index in [0.29, 0.717) is 0 Å². The first-order chi connectivity index (χ1) is 8.38. The van der Waals surface area contributed by atoms with E-state index in [4.69, 9.17) is 0 Å². The molecule has 1 atom stereocenters. The molecule has 1 aliphatic rings. The summed E-state index contributed by atoms with van der Waals surface area (Å²) in [6.45, 7) is 4.02. The van der Waals surface area contributed by atoms with Gasteiger partial charge in [-0.1, -0.05) is 36.4 Å². The minimum Gasteiger partial charge on any atom is -0.170 e. The van der Waals surface area contributed by atoms with Crippen molar-refractivity contribution in [3.8, 4) is 0 Å². The molecular formula is C15H15F3. The Bertz CT molecular complexity index is 507. The summed E-state index contributed by atoms with van der Waals surface area (Å²) in [6, 6.07) is 5.96. The lowest BCUT2D eigenvalue weighted by atomic mass is 9.91. The maximum atomic E-state index is 12.5. The second kappa shape index (κ2) is 4.63. The van der Waals surface area contributed by atoms with E-state index >= 15 is 0 Å². The average molecular weight is 252 g/mol. The van der Waals surface area contributed by atoms with Gasteiger partial charge in [-0.2, -0.15) is 13.2 Å². The summed E-state index contributed by atoms with van der Waals surface area (Å²) in [5.41, 5.74) is 4.20. The van der Waals surface area contributed by atoms with Gasteiger partial charge in [0.25, 0.3) is 0 Å². The molecule has 3 heteroatoms. The molecule has 1 aromatic carbocycles. The van der Waals surface area contributed by atoms with Crippen molar-refractivity contribution in [1.29, 1.82) is 0 Å². The van der Waals surface area contributed by atoms with Crippen LogP contribution in [-0.4, -0.2) is 6.18 Å². The number of alkyl halides is 3. The van der Waals surface area contributed by atoms with Gasteiger partial charge in [-0.25, -0.2) is 0 Å². The molecule has 0 amide bonds. The molecular weight excluding hydrogens is 237 g/mol. The minimum atomic E-state index is -4.14. The van der Waals surface area contributed by atoms with Gasteiger partial charge in [0, 0.05) is 0 Å². The van der Waals surface area contributed by atoms with Gasteiger partial charge in [0.15, 0.2) is 0 Å². The zero-order valence-electron chi connectivity index (χ0n) is 10.4. The highest BCUT2D eigenvalue weighted by atomic mass is 19.4. The fourth-order valence-electron chi connectivity index (χ4n) is 2.00. The van der Waals surface area contributed by atoms with Crippen LogP contribution in [0.2, 0.25) is 0 Å². The number of rotatable bonds is 1. The van der Waals surface area contributed by atoms with Crippen LogP contribution in [0.4, 0.5) is 13.2 Å². The van der Waals surface area contributed by atoms with E-state index < -0.39 is 12.1 Å². The predicted molar refractivity (Wildman–Crippen MR) is 67.2 cm³/mol. The molecule has 0 bridgehead atoms.